The van der Waals surface area contributed by atoms with Gasteiger partial charge in [0, 0.05) is 13.1 Å². The van der Waals surface area contributed by atoms with Crippen LogP contribution in [0.1, 0.15) is 5.82 Å². The Morgan fingerprint density at radius 2 is 1.95 bits per heavy atom. The molecule has 0 aliphatic carbocycles. The molecule has 8 heteroatoms. The van der Waals surface area contributed by atoms with Gasteiger partial charge in [0.25, 0.3) is 0 Å². The fraction of sp³-hybridized carbons (Fsp3) is 0.750. The molecular formula is C12H18N6O2. The molecule has 8 nitrogen and oxygen atoms in total. The Morgan fingerprint density at radius 3 is 2.65 bits per heavy atom. The van der Waals surface area contributed by atoms with Crippen molar-refractivity contribution in [1.29, 1.82) is 0 Å². The van der Waals surface area contributed by atoms with E-state index < -0.39 is 0 Å². The first-order valence-electron chi connectivity index (χ1n) is 6.99. The molecule has 1 aromatic rings. The second-order valence-electron chi connectivity index (χ2n) is 5.24. The van der Waals surface area contributed by atoms with Crippen LogP contribution < -0.4 is 15.1 Å². The maximum atomic E-state index is 5.53. The largest absolute Gasteiger partial charge is 0.378 e. The third kappa shape index (κ3) is 2.09. The summed E-state index contributed by atoms with van der Waals surface area (Å²) in [6.45, 7) is 6.49. The number of nitrogens with one attached hydrogen (secondary N) is 1. The van der Waals surface area contributed by atoms with Gasteiger partial charge in [0.1, 0.15) is 18.2 Å². The van der Waals surface area contributed by atoms with E-state index in [1.165, 1.54) is 0 Å². The van der Waals surface area contributed by atoms with E-state index in [1.54, 1.807) is 0 Å². The highest BCUT2D eigenvalue weighted by atomic mass is 16.5. The molecule has 1 N–H and O–H groups in total. The van der Waals surface area contributed by atoms with Crippen LogP contribution >= 0.6 is 0 Å². The average Bonchev–Trinajstić information content (AvgIpc) is 3.10. The van der Waals surface area contributed by atoms with Gasteiger partial charge in [-0.15, -0.1) is 0 Å². The van der Waals surface area contributed by atoms with Crippen LogP contribution in [0.5, 0.6) is 0 Å². The first-order valence-corrected chi connectivity index (χ1v) is 6.99. The highest BCUT2D eigenvalue weighted by molar-refractivity contribution is 5.41. The monoisotopic (exact) mass is 278 g/mol. The second kappa shape index (κ2) is 4.80. The summed E-state index contributed by atoms with van der Waals surface area (Å²) >= 11 is 0. The predicted molar refractivity (Wildman–Crippen MR) is 71.6 cm³/mol. The van der Waals surface area contributed by atoms with Gasteiger partial charge in [-0.1, -0.05) is 0 Å². The molecule has 3 fully saturated rings. The summed E-state index contributed by atoms with van der Waals surface area (Å²) in [4.78, 5) is 17.9. The van der Waals surface area contributed by atoms with E-state index in [-0.39, 0.29) is 12.4 Å². The van der Waals surface area contributed by atoms with E-state index in [0.29, 0.717) is 6.61 Å². The lowest BCUT2D eigenvalue weighted by atomic mass is 10.4. The Labute approximate surface area is 117 Å². The van der Waals surface area contributed by atoms with Crippen LogP contribution in [0.4, 0.5) is 11.9 Å². The molecule has 0 amide bonds. The predicted octanol–water partition coefficient (Wildman–Crippen LogP) is -0.891. The van der Waals surface area contributed by atoms with Crippen molar-refractivity contribution in [3.63, 3.8) is 0 Å². The number of aryl methyl sites for hydroxylation is 1. The zero-order valence-electron chi connectivity index (χ0n) is 11.4. The fourth-order valence-electron chi connectivity index (χ4n) is 2.82. The number of hydrogen-bond donors (Lipinski definition) is 1. The highest BCUT2D eigenvalue weighted by Gasteiger charge is 2.40. The van der Waals surface area contributed by atoms with Gasteiger partial charge >= 0.3 is 0 Å². The van der Waals surface area contributed by atoms with Crippen molar-refractivity contribution >= 4 is 11.9 Å². The van der Waals surface area contributed by atoms with Crippen LogP contribution in [0.15, 0.2) is 0 Å². The number of morpholine rings is 2. The third-order valence-corrected chi connectivity index (χ3v) is 3.85. The van der Waals surface area contributed by atoms with Crippen molar-refractivity contribution in [3.8, 4) is 0 Å². The molecule has 3 aliphatic rings. The average molecular weight is 278 g/mol. The topological polar surface area (TPSA) is 75.6 Å². The Bertz CT molecular complexity index is 507. The molecule has 2 bridgehead atoms. The van der Waals surface area contributed by atoms with Crippen LogP contribution in [-0.4, -0.2) is 66.8 Å². The molecule has 1 aromatic heterocycles. The first-order chi connectivity index (χ1) is 9.79. The lowest BCUT2D eigenvalue weighted by Crippen LogP contribution is -2.41. The maximum Gasteiger partial charge on any atom is 0.231 e. The molecule has 0 spiro atoms. The van der Waals surface area contributed by atoms with Crippen molar-refractivity contribution in [2.24, 2.45) is 0 Å². The van der Waals surface area contributed by atoms with E-state index in [1.807, 2.05) is 6.92 Å². The number of hydrogen-bond acceptors (Lipinski definition) is 8. The lowest BCUT2D eigenvalue weighted by molar-refractivity contribution is 0.0931. The molecule has 3 saturated heterocycles. The summed E-state index contributed by atoms with van der Waals surface area (Å²) in [5.74, 6) is 2.24. The number of rotatable bonds is 2. The number of ether oxygens (including phenoxy) is 2. The van der Waals surface area contributed by atoms with Crippen LogP contribution in [-0.2, 0) is 9.47 Å². The minimum Gasteiger partial charge on any atom is -0.378 e. The number of aromatic nitrogens is 3. The van der Waals surface area contributed by atoms with Crippen molar-refractivity contribution in [2.75, 3.05) is 49.3 Å². The number of fused-ring (bicyclic) bond motifs is 2. The molecule has 2 atom stereocenters. The van der Waals surface area contributed by atoms with Crippen molar-refractivity contribution in [1.82, 2.24) is 20.3 Å². The minimum absolute atomic E-state index is 0.101. The molecule has 20 heavy (non-hydrogen) atoms. The number of anilines is 2. The van der Waals surface area contributed by atoms with Gasteiger partial charge in [0.05, 0.1) is 26.4 Å². The molecule has 0 unspecified atom stereocenters. The van der Waals surface area contributed by atoms with E-state index >= 15 is 0 Å². The lowest BCUT2D eigenvalue weighted by Gasteiger charge is -2.29. The normalized spacial score (nSPS) is 29.2. The Hall–Kier alpha value is -1.51. The second-order valence-corrected chi connectivity index (χ2v) is 5.24. The van der Waals surface area contributed by atoms with Gasteiger partial charge in [-0.25, -0.2) is 0 Å². The summed E-state index contributed by atoms with van der Waals surface area (Å²) in [6.07, 6.45) is 0.281. The van der Waals surface area contributed by atoms with Gasteiger partial charge in [0.2, 0.25) is 11.9 Å². The van der Waals surface area contributed by atoms with Crippen LogP contribution in [0.3, 0.4) is 0 Å². The zero-order valence-corrected chi connectivity index (χ0v) is 11.4. The highest BCUT2D eigenvalue weighted by Crippen LogP contribution is 2.24. The quantitative estimate of drug-likeness (QED) is 0.746. The Balaban J connectivity index is 1.61. The molecule has 3 aliphatic heterocycles. The molecule has 0 radical (unpaired) electrons. The van der Waals surface area contributed by atoms with Crippen molar-refractivity contribution < 1.29 is 9.47 Å². The Morgan fingerprint density at radius 1 is 1.15 bits per heavy atom. The van der Waals surface area contributed by atoms with Gasteiger partial charge < -0.3 is 19.3 Å². The zero-order chi connectivity index (χ0) is 13.5. The minimum atomic E-state index is 0.101. The number of nitrogens with zero attached hydrogens (tertiary/aromatic N) is 5. The van der Waals surface area contributed by atoms with E-state index in [2.05, 4.69) is 30.1 Å². The fourth-order valence-corrected chi connectivity index (χ4v) is 2.82. The molecule has 108 valence electrons. The molecule has 4 rings (SSSR count). The van der Waals surface area contributed by atoms with Crippen LogP contribution in [0, 0.1) is 6.92 Å². The summed E-state index contributed by atoms with van der Waals surface area (Å²) < 4.78 is 10.9. The summed E-state index contributed by atoms with van der Waals surface area (Å²) in [5, 5.41) is 3.36. The molecular weight excluding hydrogens is 260 g/mol. The van der Waals surface area contributed by atoms with Crippen LogP contribution in [0.25, 0.3) is 0 Å². The molecule has 0 aromatic carbocycles. The molecule has 4 heterocycles. The van der Waals surface area contributed by atoms with Crippen molar-refractivity contribution in [2.45, 2.75) is 19.3 Å². The van der Waals surface area contributed by atoms with E-state index in [0.717, 1.165) is 50.6 Å². The van der Waals surface area contributed by atoms with Crippen LogP contribution in [0.2, 0.25) is 0 Å². The van der Waals surface area contributed by atoms with Gasteiger partial charge in [0.15, 0.2) is 0 Å². The van der Waals surface area contributed by atoms with Gasteiger partial charge in [-0.05, 0) is 6.92 Å². The first kappa shape index (κ1) is 12.2. The van der Waals surface area contributed by atoms with Gasteiger partial charge in [-0.3, -0.25) is 5.32 Å². The van der Waals surface area contributed by atoms with Gasteiger partial charge in [-0.2, -0.15) is 15.0 Å². The summed E-state index contributed by atoms with van der Waals surface area (Å²) in [5.41, 5.74) is 0. The summed E-state index contributed by atoms with van der Waals surface area (Å²) in [7, 11) is 0. The third-order valence-electron chi connectivity index (χ3n) is 3.85. The van der Waals surface area contributed by atoms with E-state index in [9.17, 15) is 0 Å². The Kier molecular flexibility index (Phi) is 2.94. The molecule has 0 saturated carbocycles. The summed E-state index contributed by atoms with van der Waals surface area (Å²) in [6, 6.07) is 0. The van der Waals surface area contributed by atoms with Crippen molar-refractivity contribution in [3.05, 3.63) is 5.82 Å². The smallest absolute Gasteiger partial charge is 0.231 e. The maximum absolute atomic E-state index is 5.53. The standard InChI is InChI=1S/C12H18N6O2/c1-8-13-11(17-2-4-19-5-3-17)16-12(14-8)18-6-10-15-9(18)7-20-10/h9-10,15H,2-7H2,1H3/t9-,10-/m1/s1. The SMILES string of the molecule is Cc1nc(N2CCOCC2)nc(N2C[C@@H]3N[C@H]2CO3)n1. The van der Waals surface area contributed by atoms with E-state index in [4.69, 9.17) is 9.47 Å².